The van der Waals surface area contributed by atoms with Crippen LogP contribution in [0.3, 0.4) is 0 Å². The molecule has 1 fully saturated rings. The predicted octanol–water partition coefficient (Wildman–Crippen LogP) is -1.96. The molecule has 9 nitrogen and oxygen atoms in total. The van der Waals surface area contributed by atoms with Crippen molar-refractivity contribution in [1.82, 2.24) is 21.3 Å². The Labute approximate surface area is 134 Å². The Morgan fingerprint density at radius 2 is 1.04 bits per heavy atom. The van der Waals surface area contributed by atoms with Gasteiger partial charge in [-0.05, 0) is 12.8 Å². The molecule has 0 saturated carbocycles. The van der Waals surface area contributed by atoms with Crippen molar-refractivity contribution in [1.29, 1.82) is 0 Å². The fourth-order valence-corrected chi connectivity index (χ4v) is 1.86. The SMILES string of the molecule is O=C1CCCCC(=O)NCC(=O)NCCOCCNC(=O)CN1. The van der Waals surface area contributed by atoms with Gasteiger partial charge in [0.15, 0.2) is 0 Å². The van der Waals surface area contributed by atoms with E-state index in [-0.39, 0.29) is 49.6 Å². The van der Waals surface area contributed by atoms with E-state index in [0.717, 1.165) is 0 Å². The van der Waals surface area contributed by atoms with Gasteiger partial charge in [-0.25, -0.2) is 0 Å². The molecule has 4 amide bonds. The summed E-state index contributed by atoms with van der Waals surface area (Å²) < 4.78 is 5.23. The van der Waals surface area contributed by atoms with Crippen molar-refractivity contribution >= 4 is 23.6 Å². The van der Waals surface area contributed by atoms with Gasteiger partial charge in [-0.3, -0.25) is 19.2 Å². The van der Waals surface area contributed by atoms with E-state index in [1.807, 2.05) is 0 Å². The molecule has 1 saturated heterocycles. The zero-order valence-electron chi connectivity index (χ0n) is 13.1. The summed E-state index contributed by atoms with van der Waals surface area (Å²) >= 11 is 0. The lowest BCUT2D eigenvalue weighted by atomic mass is 10.2. The van der Waals surface area contributed by atoms with Gasteiger partial charge < -0.3 is 26.0 Å². The van der Waals surface area contributed by atoms with Gasteiger partial charge in [0.1, 0.15) is 0 Å². The second-order valence-electron chi connectivity index (χ2n) is 5.07. The van der Waals surface area contributed by atoms with Crippen LogP contribution >= 0.6 is 0 Å². The lowest BCUT2D eigenvalue weighted by Crippen LogP contribution is -2.39. The monoisotopic (exact) mass is 328 g/mol. The van der Waals surface area contributed by atoms with Gasteiger partial charge >= 0.3 is 0 Å². The Balaban J connectivity index is 2.37. The van der Waals surface area contributed by atoms with Crippen molar-refractivity contribution in [2.24, 2.45) is 0 Å². The van der Waals surface area contributed by atoms with Crippen LogP contribution in [0.4, 0.5) is 0 Å². The molecule has 1 aliphatic rings. The number of carbonyl (C=O) groups is 4. The normalized spacial score (nSPS) is 20.9. The van der Waals surface area contributed by atoms with Gasteiger partial charge in [-0.15, -0.1) is 0 Å². The number of rotatable bonds is 0. The van der Waals surface area contributed by atoms with Gasteiger partial charge in [0.25, 0.3) is 0 Å². The highest BCUT2D eigenvalue weighted by atomic mass is 16.5. The van der Waals surface area contributed by atoms with Crippen LogP contribution in [0.15, 0.2) is 0 Å². The average Bonchev–Trinajstić information content (AvgIpc) is 2.53. The van der Waals surface area contributed by atoms with Crippen molar-refractivity contribution in [2.75, 3.05) is 39.4 Å². The topological polar surface area (TPSA) is 126 Å². The maximum absolute atomic E-state index is 11.5. The fraction of sp³-hybridized carbons (Fsp3) is 0.714. The number of carbonyl (C=O) groups excluding carboxylic acids is 4. The molecule has 0 aromatic carbocycles. The number of hydrogen-bond acceptors (Lipinski definition) is 5. The van der Waals surface area contributed by atoms with E-state index in [1.165, 1.54) is 0 Å². The molecule has 130 valence electrons. The minimum absolute atomic E-state index is 0.0740. The Morgan fingerprint density at radius 1 is 0.609 bits per heavy atom. The molecule has 0 spiro atoms. The van der Waals surface area contributed by atoms with E-state index in [1.54, 1.807) is 0 Å². The predicted molar refractivity (Wildman–Crippen MR) is 81.3 cm³/mol. The third-order valence-corrected chi connectivity index (χ3v) is 3.09. The molecule has 0 atom stereocenters. The Bertz CT molecular complexity index is 389. The maximum atomic E-state index is 11.5. The second-order valence-corrected chi connectivity index (χ2v) is 5.07. The summed E-state index contributed by atoms with van der Waals surface area (Å²) in [5.74, 6) is -1.02. The zero-order valence-corrected chi connectivity index (χ0v) is 13.1. The highest BCUT2D eigenvalue weighted by molar-refractivity contribution is 5.85. The van der Waals surface area contributed by atoms with E-state index in [0.29, 0.717) is 39.1 Å². The first-order valence-electron chi connectivity index (χ1n) is 7.72. The molecule has 0 aromatic heterocycles. The van der Waals surface area contributed by atoms with Crippen LogP contribution in [0.25, 0.3) is 0 Å². The number of ether oxygens (including phenoxy) is 1. The number of nitrogens with one attached hydrogen (secondary N) is 4. The van der Waals surface area contributed by atoms with Crippen LogP contribution < -0.4 is 21.3 Å². The molecular weight excluding hydrogens is 304 g/mol. The molecule has 0 aliphatic carbocycles. The van der Waals surface area contributed by atoms with E-state index in [9.17, 15) is 19.2 Å². The Morgan fingerprint density at radius 3 is 1.48 bits per heavy atom. The summed E-state index contributed by atoms with van der Waals surface area (Å²) in [4.78, 5) is 46.0. The highest BCUT2D eigenvalue weighted by Crippen LogP contribution is 1.99. The lowest BCUT2D eigenvalue weighted by Gasteiger charge is -2.08. The van der Waals surface area contributed by atoms with Crippen LogP contribution in [-0.2, 0) is 23.9 Å². The van der Waals surface area contributed by atoms with Crippen molar-refractivity contribution < 1.29 is 23.9 Å². The number of amides is 4. The quantitative estimate of drug-likeness (QED) is 0.411. The first kappa shape index (κ1) is 18.9. The van der Waals surface area contributed by atoms with Gasteiger partial charge in [0.2, 0.25) is 23.6 Å². The Kier molecular flexibility index (Phi) is 9.37. The minimum atomic E-state index is -0.285. The summed E-state index contributed by atoms with van der Waals surface area (Å²) in [6.45, 7) is 1.14. The van der Waals surface area contributed by atoms with Gasteiger partial charge in [-0.1, -0.05) is 0 Å². The minimum Gasteiger partial charge on any atom is -0.378 e. The first-order chi connectivity index (χ1) is 11.1. The molecule has 4 N–H and O–H groups in total. The number of hydrogen-bond donors (Lipinski definition) is 4. The molecule has 1 rings (SSSR count). The summed E-state index contributed by atoms with van der Waals surface area (Å²) in [5, 5.41) is 10.3. The standard InChI is InChI=1S/C14H24N4O5/c19-11-3-1-2-4-12(20)18-10-14(22)16-6-8-23-7-5-15-13(21)9-17-11/h1-10H2,(H,15,21)(H,16,22)(H,17,19)(H,18,20). The van der Waals surface area contributed by atoms with Crippen LogP contribution in [-0.4, -0.2) is 63.0 Å². The van der Waals surface area contributed by atoms with Crippen molar-refractivity contribution in [2.45, 2.75) is 25.7 Å². The van der Waals surface area contributed by atoms with E-state index in [2.05, 4.69) is 21.3 Å². The van der Waals surface area contributed by atoms with Crippen molar-refractivity contribution in [3.8, 4) is 0 Å². The molecule has 1 heterocycles. The van der Waals surface area contributed by atoms with Crippen LogP contribution in [0.5, 0.6) is 0 Å². The summed E-state index contributed by atoms with van der Waals surface area (Å²) in [7, 11) is 0. The molecular formula is C14H24N4O5. The third kappa shape index (κ3) is 10.2. The first-order valence-corrected chi connectivity index (χ1v) is 7.72. The van der Waals surface area contributed by atoms with Gasteiger partial charge in [-0.2, -0.15) is 0 Å². The molecule has 1 aliphatic heterocycles. The molecule has 0 radical (unpaired) electrons. The van der Waals surface area contributed by atoms with Crippen molar-refractivity contribution in [3.05, 3.63) is 0 Å². The molecule has 0 unspecified atom stereocenters. The molecule has 9 heteroatoms. The maximum Gasteiger partial charge on any atom is 0.239 e. The van der Waals surface area contributed by atoms with Crippen LogP contribution in [0, 0.1) is 0 Å². The molecule has 23 heavy (non-hydrogen) atoms. The average molecular weight is 328 g/mol. The van der Waals surface area contributed by atoms with Crippen LogP contribution in [0.1, 0.15) is 25.7 Å². The van der Waals surface area contributed by atoms with Crippen LogP contribution in [0.2, 0.25) is 0 Å². The molecule has 0 aromatic rings. The highest BCUT2D eigenvalue weighted by Gasteiger charge is 2.08. The van der Waals surface area contributed by atoms with Gasteiger partial charge in [0, 0.05) is 25.9 Å². The largest absolute Gasteiger partial charge is 0.378 e. The van der Waals surface area contributed by atoms with E-state index in [4.69, 9.17) is 4.74 Å². The lowest BCUT2D eigenvalue weighted by molar-refractivity contribution is -0.126. The summed E-state index contributed by atoms with van der Waals surface area (Å²) in [6, 6.07) is 0. The second kappa shape index (κ2) is 11.4. The summed E-state index contributed by atoms with van der Waals surface area (Å²) in [5.41, 5.74) is 0. The fourth-order valence-electron chi connectivity index (χ4n) is 1.86. The van der Waals surface area contributed by atoms with E-state index >= 15 is 0 Å². The zero-order chi connectivity index (χ0) is 16.9. The van der Waals surface area contributed by atoms with Gasteiger partial charge in [0.05, 0.1) is 26.3 Å². The van der Waals surface area contributed by atoms with Crippen molar-refractivity contribution in [3.63, 3.8) is 0 Å². The molecule has 0 bridgehead atoms. The van der Waals surface area contributed by atoms with E-state index < -0.39 is 0 Å². The smallest absolute Gasteiger partial charge is 0.239 e. The summed E-state index contributed by atoms with van der Waals surface area (Å²) in [6.07, 6.45) is 1.59. The third-order valence-electron chi connectivity index (χ3n) is 3.09. The Hall–Kier alpha value is -2.16.